The maximum Gasteiger partial charge on any atom is 0.305 e. The Hall–Kier alpha value is -1.10. The summed E-state index contributed by atoms with van der Waals surface area (Å²) >= 11 is 0. The molecule has 2 unspecified atom stereocenters. The van der Waals surface area contributed by atoms with E-state index in [4.69, 9.17) is 10.8 Å². The Kier molecular flexibility index (Phi) is 10.2. The smallest absolute Gasteiger partial charge is 0.305 e. The van der Waals surface area contributed by atoms with E-state index < -0.39 is 5.97 Å². The summed E-state index contributed by atoms with van der Waals surface area (Å²) in [4.78, 5) is 22.5. The van der Waals surface area contributed by atoms with E-state index in [1.54, 1.807) is 0 Å². The first-order valence-corrected chi connectivity index (χ1v) is 7.24. The Bertz CT molecular complexity index is 269. The predicted molar refractivity (Wildman–Crippen MR) is 75.8 cm³/mol. The molecule has 0 aliphatic rings. The molecular weight excluding hydrogens is 244 g/mol. The molecule has 0 rings (SSSR count). The first kappa shape index (κ1) is 17.9. The summed E-state index contributed by atoms with van der Waals surface area (Å²) in [6.07, 6.45) is 4.82. The second-order valence-corrected chi connectivity index (χ2v) is 5.04. The monoisotopic (exact) mass is 272 g/mol. The van der Waals surface area contributed by atoms with Crippen molar-refractivity contribution in [2.24, 2.45) is 11.7 Å². The van der Waals surface area contributed by atoms with Gasteiger partial charge in [-0.05, 0) is 31.7 Å². The number of hydrogen-bond donors (Lipinski definition) is 3. The number of aliphatic carboxylic acids is 1. The molecule has 4 N–H and O–H groups in total. The molecular formula is C14H28N2O3. The average molecular weight is 272 g/mol. The van der Waals surface area contributed by atoms with Gasteiger partial charge < -0.3 is 16.2 Å². The van der Waals surface area contributed by atoms with Crippen LogP contribution >= 0.6 is 0 Å². The Morgan fingerprint density at radius 3 is 2.37 bits per heavy atom. The normalized spacial score (nSPS) is 13.8. The molecule has 0 saturated carbocycles. The first-order chi connectivity index (χ1) is 9.03. The molecule has 0 spiro atoms. The maximum absolute atomic E-state index is 11.8. The van der Waals surface area contributed by atoms with Gasteiger partial charge in [0.1, 0.15) is 0 Å². The third-order valence-electron chi connectivity index (χ3n) is 3.36. The molecule has 5 nitrogen and oxygen atoms in total. The topological polar surface area (TPSA) is 92.4 Å². The quantitative estimate of drug-likeness (QED) is 0.535. The van der Waals surface area contributed by atoms with Gasteiger partial charge in [0.05, 0.1) is 6.42 Å². The van der Waals surface area contributed by atoms with Crippen LogP contribution in [0.25, 0.3) is 0 Å². The van der Waals surface area contributed by atoms with Gasteiger partial charge in [-0.25, -0.2) is 0 Å². The molecule has 5 heteroatoms. The van der Waals surface area contributed by atoms with Crippen LogP contribution in [-0.4, -0.2) is 29.6 Å². The number of carboxylic acid groups (broad SMARTS) is 1. The van der Waals surface area contributed by atoms with Crippen LogP contribution < -0.4 is 11.1 Å². The molecule has 0 saturated heterocycles. The Balaban J connectivity index is 4.07. The van der Waals surface area contributed by atoms with Crippen molar-refractivity contribution in [2.45, 2.75) is 64.8 Å². The third kappa shape index (κ3) is 9.47. The maximum atomic E-state index is 11.8. The number of rotatable bonds is 11. The van der Waals surface area contributed by atoms with E-state index in [9.17, 15) is 9.59 Å². The minimum Gasteiger partial charge on any atom is -0.481 e. The van der Waals surface area contributed by atoms with Gasteiger partial charge in [0, 0.05) is 12.5 Å². The highest BCUT2D eigenvalue weighted by atomic mass is 16.4. The van der Waals surface area contributed by atoms with Crippen molar-refractivity contribution in [3.63, 3.8) is 0 Å². The van der Waals surface area contributed by atoms with Crippen molar-refractivity contribution in [3.8, 4) is 0 Å². The summed E-state index contributed by atoms with van der Waals surface area (Å²) in [5, 5.41) is 11.6. The lowest BCUT2D eigenvalue weighted by atomic mass is 9.96. The Morgan fingerprint density at radius 1 is 1.21 bits per heavy atom. The zero-order valence-corrected chi connectivity index (χ0v) is 12.2. The molecule has 0 radical (unpaired) electrons. The standard InChI is InChI=1S/C14H28N2O3/c1-3-5-12(10-14(18)19)16-13(17)7-6-11(4-2)8-9-15/h11-12H,3-10,15H2,1-2H3,(H,16,17)(H,18,19). The number of nitrogens with one attached hydrogen (secondary N) is 1. The van der Waals surface area contributed by atoms with Gasteiger partial charge in [0.2, 0.25) is 5.91 Å². The summed E-state index contributed by atoms with van der Waals surface area (Å²) in [7, 11) is 0. The molecule has 0 fully saturated rings. The van der Waals surface area contributed by atoms with Crippen LogP contribution in [0.1, 0.15) is 58.8 Å². The zero-order chi connectivity index (χ0) is 14.7. The van der Waals surface area contributed by atoms with E-state index >= 15 is 0 Å². The second kappa shape index (κ2) is 10.8. The highest BCUT2D eigenvalue weighted by Crippen LogP contribution is 2.14. The Morgan fingerprint density at radius 2 is 1.89 bits per heavy atom. The minimum absolute atomic E-state index is 0.000410. The van der Waals surface area contributed by atoms with Gasteiger partial charge >= 0.3 is 5.97 Å². The predicted octanol–water partition coefficient (Wildman–Crippen LogP) is 1.90. The van der Waals surface area contributed by atoms with Crippen molar-refractivity contribution in [1.82, 2.24) is 5.32 Å². The molecule has 0 aromatic rings. The van der Waals surface area contributed by atoms with E-state index in [2.05, 4.69) is 12.2 Å². The van der Waals surface area contributed by atoms with E-state index in [0.717, 1.165) is 25.7 Å². The number of hydrogen-bond acceptors (Lipinski definition) is 3. The van der Waals surface area contributed by atoms with Crippen LogP contribution in [0.3, 0.4) is 0 Å². The van der Waals surface area contributed by atoms with E-state index in [0.29, 0.717) is 25.3 Å². The number of carbonyl (C=O) groups excluding carboxylic acids is 1. The van der Waals surface area contributed by atoms with Crippen LogP contribution in [0, 0.1) is 5.92 Å². The Labute approximate surface area is 115 Å². The molecule has 1 amide bonds. The molecule has 0 aliphatic carbocycles. The summed E-state index contributed by atoms with van der Waals surface area (Å²) in [6.45, 7) is 4.73. The van der Waals surface area contributed by atoms with Crippen LogP contribution in [0.4, 0.5) is 0 Å². The fourth-order valence-corrected chi connectivity index (χ4v) is 2.21. The van der Waals surface area contributed by atoms with Crippen molar-refractivity contribution in [2.75, 3.05) is 6.54 Å². The molecule has 19 heavy (non-hydrogen) atoms. The van der Waals surface area contributed by atoms with Gasteiger partial charge in [-0.1, -0.05) is 26.7 Å². The van der Waals surface area contributed by atoms with Gasteiger partial charge in [-0.2, -0.15) is 0 Å². The van der Waals surface area contributed by atoms with Gasteiger partial charge in [-0.3, -0.25) is 9.59 Å². The van der Waals surface area contributed by atoms with E-state index in [-0.39, 0.29) is 18.4 Å². The lowest BCUT2D eigenvalue weighted by molar-refractivity contribution is -0.137. The van der Waals surface area contributed by atoms with Gasteiger partial charge in [-0.15, -0.1) is 0 Å². The molecule has 0 bridgehead atoms. The minimum atomic E-state index is -0.867. The molecule has 0 aliphatic heterocycles. The van der Waals surface area contributed by atoms with Gasteiger partial charge in [0.15, 0.2) is 0 Å². The number of amides is 1. The van der Waals surface area contributed by atoms with Gasteiger partial charge in [0.25, 0.3) is 0 Å². The first-order valence-electron chi connectivity index (χ1n) is 7.24. The summed E-state index contributed by atoms with van der Waals surface area (Å²) in [6, 6.07) is -0.246. The summed E-state index contributed by atoms with van der Waals surface area (Å²) < 4.78 is 0. The average Bonchev–Trinajstić information content (AvgIpc) is 2.33. The number of nitrogens with two attached hydrogens (primary N) is 1. The molecule has 112 valence electrons. The second-order valence-electron chi connectivity index (χ2n) is 5.04. The van der Waals surface area contributed by atoms with Crippen molar-refractivity contribution in [1.29, 1.82) is 0 Å². The van der Waals surface area contributed by atoms with E-state index in [1.807, 2.05) is 6.92 Å². The van der Waals surface area contributed by atoms with Crippen molar-refractivity contribution >= 4 is 11.9 Å². The number of carbonyl (C=O) groups is 2. The lowest BCUT2D eigenvalue weighted by Crippen LogP contribution is -2.36. The fourth-order valence-electron chi connectivity index (χ4n) is 2.21. The van der Waals surface area contributed by atoms with E-state index in [1.165, 1.54) is 0 Å². The lowest BCUT2D eigenvalue weighted by Gasteiger charge is -2.18. The fraction of sp³-hybridized carbons (Fsp3) is 0.857. The molecule has 0 heterocycles. The largest absolute Gasteiger partial charge is 0.481 e. The summed E-state index contributed by atoms with van der Waals surface area (Å²) in [5.74, 6) is -0.427. The highest BCUT2D eigenvalue weighted by Gasteiger charge is 2.16. The number of carboxylic acids is 1. The van der Waals surface area contributed by atoms with Crippen molar-refractivity contribution in [3.05, 3.63) is 0 Å². The summed E-state index contributed by atoms with van der Waals surface area (Å²) in [5.41, 5.74) is 5.52. The molecule has 0 aromatic carbocycles. The van der Waals surface area contributed by atoms with Crippen molar-refractivity contribution < 1.29 is 14.7 Å². The highest BCUT2D eigenvalue weighted by molar-refractivity contribution is 5.77. The van der Waals surface area contributed by atoms with Crippen LogP contribution in [0.5, 0.6) is 0 Å². The van der Waals surface area contributed by atoms with Crippen LogP contribution in [0.2, 0.25) is 0 Å². The third-order valence-corrected chi connectivity index (χ3v) is 3.36. The zero-order valence-electron chi connectivity index (χ0n) is 12.2. The molecule has 0 aromatic heterocycles. The van der Waals surface area contributed by atoms with Crippen LogP contribution in [-0.2, 0) is 9.59 Å². The van der Waals surface area contributed by atoms with Crippen LogP contribution in [0.15, 0.2) is 0 Å². The molecule has 2 atom stereocenters. The SMILES string of the molecule is CCCC(CC(=O)O)NC(=O)CCC(CC)CCN.